The number of ether oxygens (including phenoxy) is 1. The lowest BCUT2D eigenvalue weighted by atomic mass is 9.69. The zero-order valence-corrected chi connectivity index (χ0v) is 22.1. The monoisotopic (exact) mass is 482 g/mol. The van der Waals surface area contributed by atoms with Crippen LogP contribution in [-0.4, -0.2) is 42.6 Å². The highest BCUT2D eigenvalue weighted by Gasteiger charge is 2.41. The molecular formula is C30H46N2O3. The summed E-state index contributed by atoms with van der Waals surface area (Å²) >= 11 is 0. The number of hydrogen-bond acceptors (Lipinski definition) is 5. The quantitative estimate of drug-likeness (QED) is 0.377. The van der Waals surface area contributed by atoms with Gasteiger partial charge in [0.1, 0.15) is 5.75 Å². The molecule has 2 aliphatic rings. The first-order valence-corrected chi connectivity index (χ1v) is 13.4. The molecule has 0 aromatic heterocycles. The predicted octanol–water partition coefficient (Wildman–Crippen LogP) is 5.14. The van der Waals surface area contributed by atoms with E-state index in [-0.39, 0.29) is 13.2 Å². The fraction of sp³-hybridized carbons (Fsp3) is 0.600. The third-order valence-corrected chi connectivity index (χ3v) is 7.99. The van der Waals surface area contributed by atoms with Crippen LogP contribution in [0.3, 0.4) is 0 Å². The van der Waals surface area contributed by atoms with Gasteiger partial charge in [0, 0.05) is 12.2 Å². The van der Waals surface area contributed by atoms with E-state index in [0.717, 1.165) is 42.0 Å². The summed E-state index contributed by atoms with van der Waals surface area (Å²) in [5.74, 6) is 4.16. The highest BCUT2D eigenvalue weighted by atomic mass is 16.5. The van der Waals surface area contributed by atoms with Crippen LogP contribution in [0.2, 0.25) is 0 Å². The van der Waals surface area contributed by atoms with Crippen LogP contribution in [0.25, 0.3) is 0 Å². The van der Waals surface area contributed by atoms with Crippen LogP contribution in [-0.2, 0) is 12.8 Å². The molecule has 2 aromatic carbocycles. The molecule has 5 nitrogen and oxygen atoms in total. The van der Waals surface area contributed by atoms with Crippen molar-refractivity contribution in [3.05, 3.63) is 59.2 Å². The maximum Gasteiger partial charge on any atom is 0.122 e. The van der Waals surface area contributed by atoms with Crippen LogP contribution >= 0.6 is 0 Å². The minimum atomic E-state index is -1.01. The third kappa shape index (κ3) is 6.78. The zero-order valence-electron chi connectivity index (χ0n) is 22.1. The van der Waals surface area contributed by atoms with Crippen molar-refractivity contribution in [2.75, 3.05) is 32.2 Å². The van der Waals surface area contributed by atoms with E-state index in [2.05, 4.69) is 42.6 Å². The fourth-order valence-corrected chi connectivity index (χ4v) is 6.07. The van der Waals surface area contributed by atoms with Gasteiger partial charge in [0.05, 0.1) is 25.9 Å². The lowest BCUT2D eigenvalue weighted by Gasteiger charge is -2.36. The number of aliphatic hydroxyl groups excluding tert-OH is 2. The van der Waals surface area contributed by atoms with Crippen LogP contribution in [0.4, 0.5) is 5.69 Å². The molecule has 0 aliphatic heterocycles. The van der Waals surface area contributed by atoms with Crippen molar-refractivity contribution in [1.82, 2.24) is 0 Å². The van der Waals surface area contributed by atoms with E-state index in [1.54, 1.807) is 7.11 Å². The van der Waals surface area contributed by atoms with E-state index in [0.29, 0.717) is 12.5 Å². The van der Waals surface area contributed by atoms with E-state index in [1.807, 2.05) is 26.0 Å². The first kappa shape index (κ1) is 27.5. The Hall–Kier alpha value is -2.08. The minimum Gasteiger partial charge on any atom is -0.496 e. The Morgan fingerprint density at radius 2 is 1.63 bits per heavy atom. The molecule has 4 unspecified atom stereocenters. The molecule has 0 amide bonds. The summed E-state index contributed by atoms with van der Waals surface area (Å²) in [5, 5.41) is 21.9. The maximum atomic E-state index is 9.33. The highest BCUT2D eigenvalue weighted by Crippen LogP contribution is 2.54. The summed E-state index contributed by atoms with van der Waals surface area (Å²) in [6.07, 6.45) is 7.51. The molecule has 5 N–H and O–H groups in total. The number of methoxy groups -OCH3 is 1. The van der Waals surface area contributed by atoms with Gasteiger partial charge in [-0.25, -0.2) is 0 Å². The van der Waals surface area contributed by atoms with Crippen molar-refractivity contribution >= 4 is 5.69 Å². The standard InChI is InChI=1S/C28H40N2O3.C2H6/c1-19-13-22-5-9-23(14-22)27(19)25-15-21(8-12-26(25)33-2)4-3-20-6-10-24(11-7-20)30-16-28(29,17-31)18-32;1-2/h6-8,10-12,15,19,22-23,27,30-32H,3-5,9,13-14,16-18,29H2,1-2H3;1-2H3. The average Bonchev–Trinajstić information content (AvgIpc) is 3.29. The molecule has 4 rings (SSSR count). The second-order valence-corrected chi connectivity index (χ2v) is 10.5. The zero-order chi connectivity index (χ0) is 25.4. The Balaban J connectivity index is 0.00000167. The minimum absolute atomic E-state index is 0.264. The van der Waals surface area contributed by atoms with Crippen LogP contribution < -0.4 is 15.8 Å². The molecule has 2 aliphatic carbocycles. The summed E-state index contributed by atoms with van der Waals surface area (Å²) in [5.41, 5.74) is 9.93. The van der Waals surface area contributed by atoms with Crippen molar-refractivity contribution in [3.8, 4) is 5.75 Å². The van der Waals surface area contributed by atoms with Gasteiger partial charge in [-0.2, -0.15) is 0 Å². The molecule has 194 valence electrons. The molecule has 0 heterocycles. The van der Waals surface area contributed by atoms with Crippen LogP contribution in [0, 0.1) is 17.8 Å². The molecule has 2 fully saturated rings. The Morgan fingerprint density at radius 1 is 0.971 bits per heavy atom. The van der Waals surface area contributed by atoms with Gasteiger partial charge in [0.2, 0.25) is 0 Å². The fourth-order valence-electron chi connectivity index (χ4n) is 6.07. The number of rotatable bonds is 10. The Morgan fingerprint density at radius 3 is 2.29 bits per heavy atom. The molecule has 2 bridgehead atoms. The Bertz CT molecular complexity index is 910. The number of aliphatic hydroxyl groups is 2. The number of aryl methyl sites for hydroxylation is 2. The Labute approximate surface area is 212 Å². The molecule has 0 spiro atoms. The number of hydrogen-bond donors (Lipinski definition) is 4. The van der Waals surface area contributed by atoms with Gasteiger partial charge in [-0.1, -0.05) is 51.5 Å². The molecule has 35 heavy (non-hydrogen) atoms. The number of nitrogens with one attached hydrogen (secondary N) is 1. The molecular weight excluding hydrogens is 436 g/mol. The van der Waals surface area contributed by atoms with Gasteiger partial charge in [-0.3, -0.25) is 0 Å². The molecule has 0 radical (unpaired) electrons. The van der Waals surface area contributed by atoms with Crippen molar-refractivity contribution in [1.29, 1.82) is 0 Å². The Kier molecular flexibility index (Phi) is 10.0. The van der Waals surface area contributed by atoms with Crippen LogP contribution in [0.15, 0.2) is 42.5 Å². The largest absolute Gasteiger partial charge is 0.496 e. The third-order valence-electron chi connectivity index (χ3n) is 7.99. The van der Waals surface area contributed by atoms with E-state index >= 15 is 0 Å². The maximum absolute atomic E-state index is 9.33. The van der Waals surface area contributed by atoms with Gasteiger partial charge < -0.3 is 26.0 Å². The number of nitrogens with two attached hydrogens (primary N) is 1. The number of anilines is 1. The average molecular weight is 483 g/mol. The van der Waals surface area contributed by atoms with Crippen LogP contribution in [0.5, 0.6) is 5.75 Å². The van der Waals surface area contributed by atoms with E-state index in [4.69, 9.17) is 10.5 Å². The molecule has 5 heteroatoms. The number of fused-ring (bicyclic) bond motifs is 2. The summed E-state index contributed by atoms with van der Waals surface area (Å²) < 4.78 is 5.80. The highest BCUT2D eigenvalue weighted by molar-refractivity contribution is 5.45. The predicted molar refractivity (Wildman–Crippen MR) is 145 cm³/mol. The van der Waals surface area contributed by atoms with Gasteiger partial charge in [0.25, 0.3) is 0 Å². The van der Waals surface area contributed by atoms with Crippen molar-refractivity contribution in [3.63, 3.8) is 0 Å². The van der Waals surface area contributed by atoms with E-state index < -0.39 is 5.54 Å². The van der Waals surface area contributed by atoms with Crippen molar-refractivity contribution < 1.29 is 14.9 Å². The van der Waals surface area contributed by atoms with Crippen molar-refractivity contribution in [2.45, 2.75) is 70.8 Å². The lowest BCUT2D eigenvalue weighted by Crippen LogP contribution is -2.52. The molecule has 2 aromatic rings. The second-order valence-electron chi connectivity index (χ2n) is 10.5. The first-order valence-electron chi connectivity index (χ1n) is 13.4. The molecule has 0 saturated heterocycles. The molecule has 2 saturated carbocycles. The van der Waals surface area contributed by atoms with Gasteiger partial charge in [-0.15, -0.1) is 0 Å². The van der Waals surface area contributed by atoms with E-state index in [1.165, 1.54) is 42.4 Å². The summed E-state index contributed by atoms with van der Waals surface area (Å²) in [6, 6.07) is 15.1. The SMILES string of the molecule is CC.COc1ccc(CCc2ccc(NCC(N)(CO)CO)cc2)cc1C1C(C)CC2CCC1C2. The first-order chi connectivity index (χ1) is 16.9. The lowest BCUT2D eigenvalue weighted by molar-refractivity contribution is 0.129. The summed E-state index contributed by atoms with van der Waals surface area (Å²) in [4.78, 5) is 0. The van der Waals surface area contributed by atoms with Gasteiger partial charge >= 0.3 is 0 Å². The summed E-state index contributed by atoms with van der Waals surface area (Å²) in [7, 11) is 1.80. The van der Waals surface area contributed by atoms with Crippen molar-refractivity contribution in [2.24, 2.45) is 23.5 Å². The van der Waals surface area contributed by atoms with E-state index in [9.17, 15) is 10.2 Å². The topological polar surface area (TPSA) is 87.7 Å². The van der Waals surface area contributed by atoms with Gasteiger partial charge in [-0.05, 0) is 90.7 Å². The van der Waals surface area contributed by atoms with Gasteiger partial charge in [0.15, 0.2) is 0 Å². The smallest absolute Gasteiger partial charge is 0.122 e. The number of benzene rings is 2. The molecule has 4 atom stereocenters. The van der Waals surface area contributed by atoms with Crippen LogP contribution in [0.1, 0.15) is 69.1 Å². The summed E-state index contributed by atoms with van der Waals surface area (Å²) in [6.45, 7) is 6.22. The second kappa shape index (κ2) is 12.8. The normalized spacial score (nSPS) is 23.4.